The number of carbonyl (C=O) groups excluding carboxylic acids is 1. The van der Waals surface area contributed by atoms with Crippen molar-refractivity contribution in [1.82, 2.24) is 10.2 Å². The Kier molecular flexibility index (Phi) is 4.37. The molecule has 19 heavy (non-hydrogen) atoms. The quantitative estimate of drug-likeness (QED) is 0.849. The summed E-state index contributed by atoms with van der Waals surface area (Å²) >= 11 is 0. The molecule has 1 N–H and O–H groups in total. The molecule has 1 aliphatic carbocycles. The van der Waals surface area contributed by atoms with Crippen molar-refractivity contribution >= 4 is 5.91 Å². The van der Waals surface area contributed by atoms with Crippen molar-refractivity contribution in [2.75, 3.05) is 20.7 Å². The van der Waals surface area contributed by atoms with E-state index in [1.54, 1.807) is 24.1 Å². The number of carbonyl (C=O) groups is 1. The Bertz CT molecular complexity index is 461. The van der Waals surface area contributed by atoms with Gasteiger partial charge in [0.15, 0.2) is 11.6 Å². The van der Waals surface area contributed by atoms with Crippen LogP contribution in [0.2, 0.25) is 0 Å². The Hall–Kier alpha value is -1.62. The molecule has 5 heteroatoms. The average molecular weight is 266 g/mol. The van der Waals surface area contributed by atoms with Gasteiger partial charge < -0.3 is 15.0 Å². The van der Waals surface area contributed by atoms with Crippen molar-refractivity contribution in [3.8, 4) is 5.75 Å². The van der Waals surface area contributed by atoms with Crippen LogP contribution in [-0.2, 0) is 11.3 Å². The van der Waals surface area contributed by atoms with E-state index < -0.39 is 5.82 Å². The summed E-state index contributed by atoms with van der Waals surface area (Å²) in [5, 5.41) is 3.17. The van der Waals surface area contributed by atoms with Gasteiger partial charge in [0.05, 0.1) is 13.7 Å². The number of benzene rings is 1. The molecule has 2 rings (SSSR count). The van der Waals surface area contributed by atoms with Gasteiger partial charge in [-0.15, -0.1) is 0 Å². The van der Waals surface area contributed by atoms with E-state index in [2.05, 4.69) is 5.32 Å². The Morgan fingerprint density at radius 1 is 1.53 bits per heavy atom. The fraction of sp³-hybridized carbons (Fsp3) is 0.500. The molecule has 1 amide bonds. The van der Waals surface area contributed by atoms with Crippen molar-refractivity contribution in [2.45, 2.75) is 25.4 Å². The fourth-order valence-electron chi connectivity index (χ4n) is 1.82. The van der Waals surface area contributed by atoms with E-state index in [9.17, 15) is 9.18 Å². The van der Waals surface area contributed by atoms with E-state index in [0.29, 0.717) is 19.1 Å². The Balaban J connectivity index is 1.87. The van der Waals surface area contributed by atoms with Crippen molar-refractivity contribution < 1.29 is 13.9 Å². The zero-order valence-corrected chi connectivity index (χ0v) is 11.3. The number of hydrogen-bond donors (Lipinski definition) is 1. The van der Waals surface area contributed by atoms with Crippen LogP contribution in [0.5, 0.6) is 5.75 Å². The summed E-state index contributed by atoms with van der Waals surface area (Å²) in [6.07, 6.45) is 2.31. The van der Waals surface area contributed by atoms with E-state index >= 15 is 0 Å². The first-order valence-corrected chi connectivity index (χ1v) is 6.40. The third-order valence-corrected chi connectivity index (χ3v) is 3.18. The van der Waals surface area contributed by atoms with Crippen LogP contribution in [0.3, 0.4) is 0 Å². The molecule has 0 radical (unpaired) electrons. The highest BCUT2D eigenvalue weighted by Gasteiger charge is 2.22. The first kappa shape index (κ1) is 13.8. The van der Waals surface area contributed by atoms with Gasteiger partial charge in [-0.05, 0) is 30.5 Å². The molecule has 1 aromatic carbocycles. The maximum Gasteiger partial charge on any atom is 0.236 e. The number of likely N-dealkylation sites (N-methyl/N-ethyl adjacent to an activating group) is 1. The van der Waals surface area contributed by atoms with Crippen LogP contribution in [0.4, 0.5) is 4.39 Å². The molecule has 1 aliphatic rings. The molecule has 0 heterocycles. The number of halogens is 1. The van der Waals surface area contributed by atoms with Crippen molar-refractivity contribution in [1.29, 1.82) is 0 Å². The van der Waals surface area contributed by atoms with E-state index in [4.69, 9.17) is 4.74 Å². The van der Waals surface area contributed by atoms with Crippen molar-refractivity contribution in [3.63, 3.8) is 0 Å². The number of rotatable bonds is 6. The predicted molar refractivity (Wildman–Crippen MR) is 70.5 cm³/mol. The molecular weight excluding hydrogens is 247 g/mol. The van der Waals surface area contributed by atoms with E-state index in [1.807, 2.05) is 0 Å². The molecule has 1 saturated carbocycles. The number of nitrogens with zero attached hydrogens (tertiary/aromatic N) is 1. The van der Waals surface area contributed by atoms with Crippen molar-refractivity contribution in [3.05, 3.63) is 29.6 Å². The van der Waals surface area contributed by atoms with Gasteiger partial charge in [-0.1, -0.05) is 6.07 Å². The molecular formula is C14H19FN2O2. The highest BCUT2D eigenvalue weighted by molar-refractivity contribution is 5.78. The third kappa shape index (κ3) is 3.92. The lowest BCUT2D eigenvalue weighted by Gasteiger charge is -2.18. The normalized spacial score (nSPS) is 14.3. The van der Waals surface area contributed by atoms with Gasteiger partial charge in [-0.3, -0.25) is 4.79 Å². The minimum absolute atomic E-state index is 0.0168. The number of ether oxygens (including phenoxy) is 1. The summed E-state index contributed by atoms with van der Waals surface area (Å²) in [5.41, 5.74) is 0.751. The number of hydrogen-bond acceptors (Lipinski definition) is 3. The van der Waals surface area contributed by atoms with E-state index in [0.717, 1.165) is 18.4 Å². The van der Waals surface area contributed by atoms with Gasteiger partial charge >= 0.3 is 0 Å². The second kappa shape index (κ2) is 6.02. The molecule has 1 fully saturated rings. The Morgan fingerprint density at radius 2 is 2.26 bits per heavy atom. The number of amides is 1. The Morgan fingerprint density at radius 3 is 2.84 bits per heavy atom. The fourth-order valence-corrected chi connectivity index (χ4v) is 1.82. The minimum atomic E-state index is -0.406. The lowest BCUT2D eigenvalue weighted by molar-refractivity contribution is -0.129. The monoisotopic (exact) mass is 266 g/mol. The van der Waals surface area contributed by atoms with Crippen molar-refractivity contribution in [2.24, 2.45) is 0 Å². The summed E-state index contributed by atoms with van der Waals surface area (Å²) in [6, 6.07) is 5.25. The summed E-state index contributed by atoms with van der Waals surface area (Å²) in [7, 11) is 3.15. The predicted octanol–water partition coefficient (Wildman–Crippen LogP) is 1.54. The lowest BCUT2D eigenvalue weighted by Crippen LogP contribution is -2.36. The van der Waals surface area contributed by atoms with Gasteiger partial charge in [-0.25, -0.2) is 4.39 Å². The average Bonchev–Trinajstić information content (AvgIpc) is 3.20. The van der Waals surface area contributed by atoms with Gasteiger partial charge in [0.2, 0.25) is 5.91 Å². The molecule has 0 aliphatic heterocycles. The molecule has 0 atom stereocenters. The summed E-state index contributed by atoms with van der Waals surface area (Å²) in [5.74, 6) is -0.173. The third-order valence-electron chi connectivity index (χ3n) is 3.18. The van der Waals surface area contributed by atoms with Crippen LogP contribution in [0, 0.1) is 5.82 Å². The van der Waals surface area contributed by atoms with Crippen LogP contribution in [0.1, 0.15) is 18.4 Å². The maximum atomic E-state index is 13.5. The van der Waals surface area contributed by atoms with Gasteiger partial charge in [0.1, 0.15) is 0 Å². The minimum Gasteiger partial charge on any atom is -0.494 e. The van der Waals surface area contributed by atoms with Gasteiger partial charge in [0.25, 0.3) is 0 Å². The summed E-state index contributed by atoms with van der Waals surface area (Å²) in [6.45, 7) is 0.742. The Labute approximate surface area is 112 Å². The SMILES string of the molecule is COc1ccc(CN(C)C(=O)CNC2CC2)cc1F. The van der Waals surface area contributed by atoms with E-state index in [1.165, 1.54) is 13.2 Å². The highest BCUT2D eigenvalue weighted by Crippen LogP contribution is 2.19. The standard InChI is InChI=1S/C14H19FN2O2/c1-17(14(18)8-16-11-4-5-11)9-10-3-6-13(19-2)12(15)7-10/h3,6-7,11,16H,4-5,8-9H2,1-2H3. The summed E-state index contributed by atoms with van der Waals surface area (Å²) in [4.78, 5) is 13.4. The number of nitrogens with one attached hydrogen (secondary N) is 1. The van der Waals surface area contributed by atoms with Gasteiger partial charge in [-0.2, -0.15) is 0 Å². The van der Waals surface area contributed by atoms with Crippen LogP contribution < -0.4 is 10.1 Å². The highest BCUT2D eigenvalue weighted by atomic mass is 19.1. The number of methoxy groups -OCH3 is 1. The molecule has 0 unspecified atom stereocenters. The second-order valence-electron chi connectivity index (χ2n) is 4.87. The molecule has 0 spiro atoms. The zero-order chi connectivity index (χ0) is 13.8. The van der Waals surface area contributed by atoms with E-state index in [-0.39, 0.29) is 11.7 Å². The first-order chi connectivity index (χ1) is 9.10. The van der Waals surface area contributed by atoms with Crippen LogP contribution >= 0.6 is 0 Å². The van der Waals surface area contributed by atoms with Gasteiger partial charge in [0, 0.05) is 19.6 Å². The molecule has 104 valence electrons. The van der Waals surface area contributed by atoms with Crippen LogP contribution in [0.25, 0.3) is 0 Å². The molecule has 4 nitrogen and oxygen atoms in total. The first-order valence-electron chi connectivity index (χ1n) is 6.40. The largest absolute Gasteiger partial charge is 0.494 e. The molecule has 1 aromatic rings. The smallest absolute Gasteiger partial charge is 0.236 e. The van der Waals surface area contributed by atoms with Crippen LogP contribution in [0.15, 0.2) is 18.2 Å². The molecule has 0 saturated heterocycles. The lowest BCUT2D eigenvalue weighted by atomic mass is 10.2. The summed E-state index contributed by atoms with van der Waals surface area (Å²) < 4.78 is 18.4. The molecule has 0 bridgehead atoms. The topological polar surface area (TPSA) is 41.6 Å². The maximum absolute atomic E-state index is 13.5. The zero-order valence-electron chi connectivity index (χ0n) is 11.3. The molecule has 0 aromatic heterocycles. The van der Waals surface area contributed by atoms with Crippen LogP contribution in [-0.4, -0.2) is 37.6 Å². The second-order valence-corrected chi connectivity index (χ2v) is 4.87.